The summed E-state index contributed by atoms with van der Waals surface area (Å²) in [5, 5.41) is -0.568. The standard InChI is InChI=1S/C4H7F2NO2S/c5-4(6)7-10(8,9)3-1-2-3/h3-4,7H,1-2H2. The van der Waals surface area contributed by atoms with Crippen molar-refractivity contribution in [2.24, 2.45) is 0 Å². The summed E-state index contributed by atoms with van der Waals surface area (Å²) in [6, 6.07) is 0. The summed E-state index contributed by atoms with van der Waals surface area (Å²) in [7, 11) is -3.69. The Balaban J connectivity index is 2.51. The third-order valence-corrected chi connectivity index (χ3v) is 3.07. The Bertz CT molecular complexity index is 209. The molecule has 0 spiro atoms. The van der Waals surface area contributed by atoms with Crippen LogP contribution >= 0.6 is 0 Å². The van der Waals surface area contributed by atoms with Crippen molar-refractivity contribution in [3.8, 4) is 0 Å². The van der Waals surface area contributed by atoms with Gasteiger partial charge in [-0.25, -0.2) is 8.42 Å². The fourth-order valence-corrected chi connectivity index (χ4v) is 1.80. The van der Waals surface area contributed by atoms with E-state index >= 15 is 0 Å². The Morgan fingerprint density at radius 3 is 2.20 bits per heavy atom. The lowest BCUT2D eigenvalue weighted by atomic mass is 11.0. The van der Waals surface area contributed by atoms with Crippen molar-refractivity contribution in [2.75, 3.05) is 0 Å². The Hall–Kier alpha value is -0.230. The number of nitrogens with one attached hydrogen (secondary N) is 1. The molecule has 0 unspecified atom stereocenters. The number of sulfonamides is 1. The number of rotatable bonds is 3. The van der Waals surface area contributed by atoms with Gasteiger partial charge in [-0.3, -0.25) is 0 Å². The molecule has 0 atom stereocenters. The highest BCUT2D eigenvalue weighted by molar-refractivity contribution is 7.90. The first-order chi connectivity index (χ1) is 4.52. The van der Waals surface area contributed by atoms with Crippen LogP contribution in [0.3, 0.4) is 0 Å². The van der Waals surface area contributed by atoms with Crippen molar-refractivity contribution in [3.05, 3.63) is 0 Å². The molecule has 60 valence electrons. The van der Waals surface area contributed by atoms with E-state index in [1.54, 1.807) is 0 Å². The van der Waals surface area contributed by atoms with E-state index < -0.39 is 21.8 Å². The van der Waals surface area contributed by atoms with E-state index in [1.165, 1.54) is 4.72 Å². The molecule has 6 heteroatoms. The Labute approximate surface area is 57.5 Å². The monoisotopic (exact) mass is 171 g/mol. The summed E-state index contributed by atoms with van der Waals surface area (Å²) in [4.78, 5) is 0. The van der Waals surface area contributed by atoms with Crippen LogP contribution in [-0.4, -0.2) is 20.2 Å². The van der Waals surface area contributed by atoms with Gasteiger partial charge in [-0.2, -0.15) is 13.5 Å². The molecule has 0 aromatic carbocycles. The first-order valence-electron chi connectivity index (χ1n) is 2.81. The lowest BCUT2D eigenvalue weighted by molar-refractivity contribution is 0.136. The first kappa shape index (κ1) is 7.87. The second-order valence-corrected chi connectivity index (χ2v) is 4.16. The molecule has 0 aromatic rings. The van der Waals surface area contributed by atoms with Gasteiger partial charge in [-0.05, 0) is 12.8 Å². The summed E-state index contributed by atoms with van der Waals surface area (Å²) in [5.41, 5.74) is 0. The van der Waals surface area contributed by atoms with Gasteiger partial charge < -0.3 is 0 Å². The molecule has 10 heavy (non-hydrogen) atoms. The molecule has 0 radical (unpaired) electrons. The van der Waals surface area contributed by atoms with E-state index in [-0.39, 0.29) is 0 Å². The van der Waals surface area contributed by atoms with Gasteiger partial charge in [-0.1, -0.05) is 0 Å². The maximum Gasteiger partial charge on any atom is 0.304 e. The molecule has 0 bridgehead atoms. The third kappa shape index (κ3) is 1.88. The van der Waals surface area contributed by atoms with Gasteiger partial charge in [0.25, 0.3) is 0 Å². The van der Waals surface area contributed by atoms with E-state index in [0.717, 1.165) is 0 Å². The van der Waals surface area contributed by atoms with Gasteiger partial charge in [0.1, 0.15) is 0 Å². The Kier molecular flexibility index (Phi) is 1.91. The molecule has 1 N–H and O–H groups in total. The van der Waals surface area contributed by atoms with Crippen molar-refractivity contribution in [2.45, 2.75) is 24.6 Å². The fraction of sp³-hybridized carbons (Fsp3) is 1.00. The second-order valence-electron chi connectivity index (χ2n) is 2.16. The van der Waals surface area contributed by atoms with Crippen molar-refractivity contribution >= 4 is 10.0 Å². The summed E-state index contributed by atoms with van der Waals surface area (Å²) in [6.45, 7) is -2.97. The lowest BCUT2D eigenvalue weighted by Crippen LogP contribution is -2.31. The molecule has 0 heterocycles. The molecule has 3 nitrogen and oxygen atoms in total. The molecule has 1 aliphatic rings. The molecule has 1 saturated carbocycles. The molecular formula is C4H7F2NO2S. The highest BCUT2D eigenvalue weighted by Gasteiger charge is 2.36. The number of hydrogen-bond donors (Lipinski definition) is 1. The van der Waals surface area contributed by atoms with Crippen LogP contribution < -0.4 is 4.72 Å². The van der Waals surface area contributed by atoms with Crippen LogP contribution in [0.25, 0.3) is 0 Å². The van der Waals surface area contributed by atoms with Crippen molar-refractivity contribution < 1.29 is 17.2 Å². The normalized spacial score (nSPS) is 19.9. The van der Waals surface area contributed by atoms with Crippen LogP contribution in [0.2, 0.25) is 0 Å². The van der Waals surface area contributed by atoms with Crippen molar-refractivity contribution in [1.82, 2.24) is 4.72 Å². The molecule has 1 fully saturated rings. The SMILES string of the molecule is O=S(=O)(NC(F)F)C1CC1. The van der Waals surface area contributed by atoms with Crippen LogP contribution in [0, 0.1) is 0 Å². The zero-order valence-electron chi connectivity index (χ0n) is 5.05. The van der Waals surface area contributed by atoms with Crippen molar-refractivity contribution in [3.63, 3.8) is 0 Å². The van der Waals surface area contributed by atoms with Gasteiger partial charge in [0.05, 0.1) is 5.25 Å². The van der Waals surface area contributed by atoms with E-state index in [1.807, 2.05) is 0 Å². The molecule has 1 aliphatic carbocycles. The maximum absolute atomic E-state index is 11.4. The van der Waals surface area contributed by atoms with E-state index in [4.69, 9.17) is 0 Å². The predicted molar refractivity (Wildman–Crippen MR) is 31.1 cm³/mol. The van der Waals surface area contributed by atoms with Crippen LogP contribution in [0.15, 0.2) is 0 Å². The molecular weight excluding hydrogens is 164 g/mol. The van der Waals surface area contributed by atoms with Gasteiger partial charge in [0, 0.05) is 0 Å². The summed E-state index contributed by atoms with van der Waals surface area (Å²) < 4.78 is 45.3. The number of alkyl halides is 2. The highest BCUT2D eigenvalue weighted by atomic mass is 32.2. The topological polar surface area (TPSA) is 46.2 Å². The summed E-state index contributed by atoms with van der Waals surface area (Å²) >= 11 is 0. The zero-order chi connectivity index (χ0) is 7.78. The van der Waals surface area contributed by atoms with E-state index in [2.05, 4.69) is 0 Å². The van der Waals surface area contributed by atoms with Gasteiger partial charge in [0.15, 0.2) is 0 Å². The smallest absolute Gasteiger partial charge is 0.212 e. The van der Waals surface area contributed by atoms with E-state index in [9.17, 15) is 17.2 Å². The average Bonchev–Trinajstić information content (AvgIpc) is 2.35. The zero-order valence-corrected chi connectivity index (χ0v) is 5.87. The third-order valence-electron chi connectivity index (χ3n) is 1.22. The molecule has 0 aromatic heterocycles. The first-order valence-corrected chi connectivity index (χ1v) is 4.36. The minimum Gasteiger partial charge on any atom is -0.212 e. The maximum atomic E-state index is 11.4. The average molecular weight is 171 g/mol. The lowest BCUT2D eigenvalue weighted by Gasteiger charge is -2.01. The molecule has 0 aliphatic heterocycles. The minimum atomic E-state index is -3.69. The van der Waals surface area contributed by atoms with Crippen molar-refractivity contribution in [1.29, 1.82) is 0 Å². The summed E-state index contributed by atoms with van der Waals surface area (Å²) in [6.07, 6.45) is 1.00. The molecule has 1 rings (SSSR count). The van der Waals surface area contributed by atoms with Gasteiger partial charge in [-0.15, -0.1) is 0 Å². The highest BCUT2D eigenvalue weighted by Crippen LogP contribution is 2.27. The number of hydrogen-bond acceptors (Lipinski definition) is 2. The minimum absolute atomic E-state index is 0.502. The summed E-state index contributed by atoms with van der Waals surface area (Å²) in [5.74, 6) is 0. The van der Waals surface area contributed by atoms with Gasteiger partial charge >= 0.3 is 6.55 Å². The quantitative estimate of drug-likeness (QED) is 0.620. The van der Waals surface area contributed by atoms with Crippen LogP contribution in [0.4, 0.5) is 8.78 Å². The molecule has 0 saturated heterocycles. The largest absolute Gasteiger partial charge is 0.304 e. The molecule has 0 amide bonds. The predicted octanol–water partition coefficient (Wildman–Crippen LogP) is 0.291. The second kappa shape index (κ2) is 2.43. The van der Waals surface area contributed by atoms with Crippen LogP contribution in [0.1, 0.15) is 12.8 Å². The van der Waals surface area contributed by atoms with Crippen LogP contribution in [0.5, 0.6) is 0 Å². The fourth-order valence-electron chi connectivity index (χ4n) is 0.599. The number of halogens is 2. The van der Waals surface area contributed by atoms with Gasteiger partial charge in [0.2, 0.25) is 10.0 Å². The van der Waals surface area contributed by atoms with Crippen LogP contribution in [-0.2, 0) is 10.0 Å². The van der Waals surface area contributed by atoms with E-state index in [0.29, 0.717) is 12.8 Å². The Morgan fingerprint density at radius 1 is 1.40 bits per heavy atom. The Morgan fingerprint density at radius 2 is 1.90 bits per heavy atom.